The summed E-state index contributed by atoms with van der Waals surface area (Å²) < 4.78 is 10.6. The molecule has 37 heavy (non-hydrogen) atoms. The quantitative estimate of drug-likeness (QED) is 0.390. The summed E-state index contributed by atoms with van der Waals surface area (Å²) in [6.45, 7) is 4.66. The summed E-state index contributed by atoms with van der Waals surface area (Å²) in [7, 11) is 0. The number of benzene rings is 2. The van der Waals surface area contributed by atoms with Crippen LogP contribution in [-0.4, -0.2) is 57.4 Å². The highest BCUT2D eigenvalue weighted by Crippen LogP contribution is 2.24. The Balaban J connectivity index is 1.47. The van der Waals surface area contributed by atoms with Gasteiger partial charge in [-0.3, -0.25) is 0 Å². The molecule has 1 amide bonds. The third-order valence-electron chi connectivity index (χ3n) is 6.00. The van der Waals surface area contributed by atoms with Crippen LogP contribution >= 0.6 is 11.6 Å². The normalized spacial score (nSPS) is 17.1. The number of carbonyl (C=O) groups excluding carboxylic acids is 2. The van der Waals surface area contributed by atoms with Crippen molar-refractivity contribution in [3.63, 3.8) is 0 Å². The first kappa shape index (κ1) is 26.2. The number of hydrogen-bond donors (Lipinski definition) is 2. The standard InChI is InChI=1S/C26H29ClN6O4/c1-3-36-24(34)22-23(28-20-13-11-19(27)12-14-20)30-25(32-31-22)29-21-10-7-15-33(17(21)2)26(35)37-16-18-8-5-4-6-9-18/h4-6,8-9,11-14,17,21H,3,7,10,15-16H2,1-2H3,(H2,28,29,30,32)/t17-,21-/m1/s1. The van der Waals surface area contributed by atoms with Gasteiger partial charge in [0.15, 0.2) is 5.82 Å². The second-order valence-electron chi connectivity index (χ2n) is 8.55. The van der Waals surface area contributed by atoms with Crippen molar-refractivity contribution in [2.75, 3.05) is 23.8 Å². The fourth-order valence-corrected chi connectivity index (χ4v) is 4.17. The zero-order valence-corrected chi connectivity index (χ0v) is 21.4. The first-order valence-corrected chi connectivity index (χ1v) is 12.5. The molecule has 3 aromatic rings. The number of ether oxygens (including phenoxy) is 2. The summed E-state index contributed by atoms with van der Waals surface area (Å²) in [5.41, 5.74) is 1.56. The first-order chi connectivity index (χ1) is 17.9. The lowest BCUT2D eigenvalue weighted by molar-refractivity contribution is 0.0518. The summed E-state index contributed by atoms with van der Waals surface area (Å²) in [6.07, 6.45) is 1.21. The maximum Gasteiger partial charge on any atom is 0.410 e. The number of amides is 1. The molecule has 0 aliphatic carbocycles. The van der Waals surface area contributed by atoms with E-state index >= 15 is 0 Å². The molecule has 2 atom stereocenters. The van der Waals surface area contributed by atoms with Crippen molar-refractivity contribution in [3.05, 3.63) is 70.9 Å². The van der Waals surface area contributed by atoms with Crippen LogP contribution < -0.4 is 10.6 Å². The zero-order valence-electron chi connectivity index (χ0n) is 20.7. The Bertz CT molecular complexity index is 1210. The van der Waals surface area contributed by atoms with Gasteiger partial charge in [0.25, 0.3) is 0 Å². The molecule has 0 radical (unpaired) electrons. The van der Waals surface area contributed by atoms with E-state index in [1.165, 1.54) is 0 Å². The van der Waals surface area contributed by atoms with E-state index in [-0.39, 0.29) is 48.9 Å². The molecule has 0 saturated carbocycles. The number of nitrogens with zero attached hydrogens (tertiary/aromatic N) is 4. The molecular weight excluding hydrogens is 496 g/mol. The van der Waals surface area contributed by atoms with Gasteiger partial charge in [-0.1, -0.05) is 41.9 Å². The number of esters is 1. The number of rotatable bonds is 8. The van der Waals surface area contributed by atoms with Gasteiger partial charge in [-0.25, -0.2) is 9.59 Å². The molecule has 1 fully saturated rings. The number of aromatic nitrogens is 3. The van der Waals surface area contributed by atoms with Crippen molar-refractivity contribution in [1.29, 1.82) is 0 Å². The van der Waals surface area contributed by atoms with Crippen LogP contribution in [0, 0.1) is 0 Å². The van der Waals surface area contributed by atoms with Gasteiger partial charge in [0.05, 0.1) is 12.6 Å². The fraction of sp³-hybridized carbons (Fsp3) is 0.346. The molecule has 10 nitrogen and oxygen atoms in total. The van der Waals surface area contributed by atoms with Gasteiger partial charge in [-0.05, 0) is 56.5 Å². The van der Waals surface area contributed by atoms with Crippen LogP contribution in [0.4, 0.5) is 22.2 Å². The van der Waals surface area contributed by atoms with Gasteiger partial charge in [-0.2, -0.15) is 4.98 Å². The van der Waals surface area contributed by atoms with E-state index in [9.17, 15) is 9.59 Å². The van der Waals surface area contributed by atoms with E-state index in [2.05, 4.69) is 25.8 Å². The Morgan fingerprint density at radius 2 is 1.84 bits per heavy atom. The topological polar surface area (TPSA) is 119 Å². The number of carbonyl (C=O) groups is 2. The first-order valence-electron chi connectivity index (χ1n) is 12.1. The van der Waals surface area contributed by atoms with Crippen molar-refractivity contribution in [2.45, 2.75) is 45.4 Å². The van der Waals surface area contributed by atoms with Crippen molar-refractivity contribution in [3.8, 4) is 0 Å². The van der Waals surface area contributed by atoms with E-state index in [0.29, 0.717) is 17.3 Å². The lowest BCUT2D eigenvalue weighted by atomic mass is 9.98. The molecule has 2 N–H and O–H groups in total. The minimum absolute atomic E-state index is 0.0369. The Kier molecular flexibility index (Phi) is 8.73. The van der Waals surface area contributed by atoms with E-state index in [0.717, 1.165) is 18.4 Å². The minimum Gasteiger partial charge on any atom is -0.461 e. The molecule has 194 valence electrons. The average Bonchev–Trinajstić information content (AvgIpc) is 2.91. The predicted octanol–water partition coefficient (Wildman–Crippen LogP) is 5.05. The summed E-state index contributed by atoms with van der Waals surface area (Å²) in [4.78, 5) is 31.5. The average molecular weight is 525 g/mol. The van der Waals surface area contributed by atoms with E-state index < -0.39 is 5.97 Å². The van der Waals surface area contributed by atoms with Gasteiger partial charge in [0, 0.05) is 23.3 Å². The number of halogens is 1. The molecule has 1 saturated heterocycles. The third-order valence-corrected chi connectivity index (χ3v) is 6.26. The van der Waals surface area contributed by atoms with Crippen LogP contribution in [0.5, 0.6) is 0 Å². The Hall–Kier alpha value is -3.92. The van der Waals surface area contributed by atoms with Gasteiger partial charge in [0.1, 0.15) is 6.61 Å². The smallest absolute Gasteiger partial charge is 0.410 e. The number of piperidine rings is 1. The second-order valence-corrected chi connectivity index (χ2v) is 8.99. The largest absolute Gasteiger partial charge is 0.461 e. The summed E-state index contributed by atoms with van der Waals surface area (Å²) in [5, 5.41) is 15.1. The Labute approximate surface area is 220 Å². The number of hydrogen-bond acceptors (Lipinski definition) is 9. The number of nitrogens with one attached hydrogen (secondary N) is 2. The molecule has 4 rings (SSSR count). The molecule has 1 aliphatic rings. The molecule has 2 aromatic carbocycles. The predicted molar refractivity (Wildman–Crippen MR) is 140 cm³/mol. The van der Waals surface area contributed by atoms with Gasteiger partial charge >= 0.3 is 12.1 Å². The highest BCUT2D eigenvalue weighted by Gasteiger charge is 2.33. The van der Waals surface area contributed by atoms with Crippen LogP contribution in [0.3, 0.4) is 0 Å². The maximum absolute atomic E-state index is 12.8. The molecule has 0 unspecified atom stereocenters. The van der Waals surface area contributed by atoms with Gasteiger partial charge < -0.3 is 25.0 Å². The van der Waals surface area contributed by atoms with Crippen molar-refractivity contribution in [1.82, 2.24) is 20.1 Å². The SMILES string of the molecule is CCOC(=O)c1nnc(N[C@@H]2CCCN(C(=O)OCc3ccccc3)[C@@H]2C)nc1Nc1ccc(Cl)cc1. The second kappa shape index (κ2) is 12.4. The molecule has 1 aliphatic heterocycles. The van der Waals surface area contributed by atoms with E-state index in [1.54, 1.807) is 36.1 Å². The molecule has 0 spiro atoms. The number of anilines is 3. The summed E-state index contributed by atoms with van der Waals surface area (Å²) in [6, 6.07) is 16.2. The summed E-state index contributed by atoms with van der Waals surface area (Å²) >= 11 is 5.98. The Morgan fingerprint density at radius 1 is 1.08 bits per heavy atom. The minimum atomic E-state index is -0.635. The van der Waals surface area contributed by atoms with E-state index in [1.807, 2.05) is 37.3 Å². The van der Waals surface area contributed by atoms with Gasteiger partial charge in [0.2, 0.25) is 11.6 Å². The third kappa shape index (κ3) is 6.85. The number of likely N-dealkylation sites (tertiary alicyclic amines) is 1. The van der Waals surface area contributed by atoms with Crippen LogP contribution in [0.2, 0.25) is 5.02 Å². The molecule has 2 heterocycles. The van der Waals surface area contributed by atoms with Crippen molar-refractivity contribution < 1.29 is 19.1 Å². The lowest BCUT2D eigenvalue weighted by Crippen LogP contribution is -2.52. The molecule has 11 heteroatoms. The van der Waals surface area contributed by atoms with E-state index in [4.69, 9.17) is 21.1 Å². The zero-order chi connectivity index (χ0) is 26.2. The molecule has 1 aromatic heterocycles. The maximum atomic E-state index is 12.8. The van der Waals surface area contributed by atoms with Crippen molar-refractivity contribution >= 4 is 41.1 Å². The highest BCUT2D eigenvalue weighted by atomic mass is 35.5. The Morgan fingerprint density at radius 3 is 2.57 bits per heavy atom. The van der Waals surface area contributed by atoms with Gasteiger partial charge in [-0.15, -0.1) is 10.2 Å². The molecule has 0 bridgehead atoms. The van der Waals surface area contributed by atoms with Crippen LogP contribution in [0.15, 0.2) is 54.6 Å². The lowest BCUT2D eigenvalue weighted by Gasteiger charge is -2.38. The molecular formula is C26H29ClN6O4. The summed E-state index contributed by atoms with van der Waals surface area (Å²) in [5.74, 6) is -0.217. The fourth-order valence-electron chi connectivity index (χ4n) is 4.04. The van der Waals surface area contributed by atoms with Crippen LogP contribution in [-0.2, 0) is 16.1 Å². The highest BCUT2D eigenvalue weighted by molar-refractivity contribution is 6.30. The van der Waals surface area contributed by atoms with Crippen LogP contribution in [0.1, 0.15) is 42.7 Å². The van der Waals surface area contributed by atoms with Crippen LogP contribution in [0.25, 0.3) is 0 Å². The monoisotopic (exact) mass is 524 g/mol. The van der Waals surface area contributed by atoms with Crippen molar-refractivity contribution in [2.24, 2.45) is 0 Å².